The van der Waals surface area contributed by atoms with Crippen LogP contribution >= 0.6 is 11.6 Å². The van der Waals surface area contributed by atoms with E-state index >= 15 is 0 Å². The molecule has 0 bridgehead atoms. The zero-order valence-corrected chi connectivity index (χ0v) is 13.8. The third-order valence-electron chi connectivity index (χ3n) is 5.21. The molecule has 4 heteroatoms. The largest absolute Gasteiger partial charge is 0.353 e. The van der Waals surface area contributed by atoms with Gasteiger partial charge in [0.2, 0.25) is 5.91 Å². The van der Waals surface area contributed by atoms with Gasteiger partial charge in [-0.3, -0.25) is 4.79 Å². The number of hydrogen-bond acceptors (Lipinski definition) is 2. The maximum Gasteiger partial charge on any atom is 0.230 e. The van der Waals surface area contributed by atoms with Crippen molar-refractivity contribution in [3.8, 4) is 0 Å². The molecule has 0 radical (unpaired) electrons. The van der Waals surface area contributed by atoms with Crippen LogP contribution in [0.5, 0.6) is 0 Å². The Morgan fingerprint density at radius 3 is 2.36 bits per heavy atom. The second-order valence-electron chi connectivity index (χ2n) is 6.65. The number of benzene rings is 1. The van der Waals surface area contributed by atoms with Crippen LogP contribution in [-0.2, 0) is 10.2 Å². The fourth-order valence-corrected chi connectivity index (χ4v) is 3.99. The third-order valence-corrected chi connectivity index (χ3v) is 5.46. The zero-order chi connectivity index (χ0) is 15.4. The number of carbonyl (C=O) groups excluding carboxylic acids is 1. The Morgan fingerprint density at radius 2 is 1.73 bits per heavy atom. The van der Waals surface area contributed by atoms with Crippen LogP contribution in [0.3, 0.4) is 0 Å². The van der Waals surface area contributed by atoms with Crippen molar-refractivity contribution in [2.45, 2.75) is 56.4 Å². The molecule has 1 saturated heterocycles. The van der Waals surface area contributed by atoms with E-state index in [4.69, 9.17) is 11.6 Å². The van der Waals surface area contributed by atoms with Gasteiger partial charge in [0.1, 0.15) is 0 Å². The van der Waals surface area contributed by atoms with E-state index < -0.39 is 0 Å². The van der Waals surface area contributed by atoms with E-state index in [2.05, 4.69) is 10.6 Å². The Morgan fingerprint density at radius 1 is 1.09 bits per heavy atom. The molecule has 3 nitrogen and oxygen atoms in total. The highest BCUT2D eigenvalue weighted by atomic mass is 35.5. The van der Waals surface area contributed by atoms with Crippen LogP contribution in [0, 0.1) is 0 Å². The lowest BCUT2D eigenvalue weighted by molar-refractivity contribution is -0.129. The number of halogens is 1. The monoisotopic (exact) mass is 320 g/mol. The summed E-state index contributed by atoms with van der Waals surface area (Å²) in [6.45, 7) is 2.00. The molecule has 0 unspecified atom stereocenters. The van der Waals surface area contributed by atoms with E-state index in [1.54, 1.807) is 0 Å². The second kappa shape index (κ2) is 7.01. The van der Waals surface area contributed by atoms with Gasteiger partial charge in [0.05, 0.1) is 5.41 Å². The third kappa shape index (κ3) is 3.31. The average Bonchev–Trinajstić information content (AvgIpc) is 2.57. The van der Waals surface area contributed by atoms with Gasteiger partial charge in [-0.1, -0.05) is 43.0 Å². The summed E-state index contributed by atoms with van der Waals surface area (Å²) in [4.78, 5) is 13.1. The second-order valence-corrected chi connectivity index (χ2v) is 7.08. The number of hydrogen-bond donors (Lipinski definition) is 2. The number of piperidine rings is 1. The molecule has 2 aliphatic rings. The minimum Gasteiger partial charge on any atom is -0.353 e. The van der Waals surface area contributed by atoms with Crippen molar-refractivity contribution >= 4 is 17.5 Å². The van der Waals surface area contributed by atoms with Crippen molar-refractivity contribution in [3.63, 3.8) is 0 Å². The average molecular weight is 321 g/mol. The molecule has 1 aliphatic carbocycles. The predicted molar refractivity (Wildman–Crippen MR) is 90.2 cm³/mol. The van der Waals surface area contributed by atoms with Gasteiger partial charge in [0, 0.05) is 11.1 Å². The minimum absolute atomic E-state index is 0.224. The van der Waals surface area contributed by atoms with Crippen molar-refractivity contribution in [2.24, 2.45) is 0 Å². The first-order valence-corrected chi connectivity index (χ1v) is 8.86. The van der Waals surface area contributed by atoms with Crippen LogP contribution in [0.4, 0.5) is 0 Å². The molecule has 22 heavy (non-hydrogen) atoms. The summed E-state index contributed by atoms with van der Waals surface area (Å²) in [5.74, 6) is 0.224. The molecule has 1 amide bonds. The molecule has 1 heterocycles. The lowest BCUT2D eigenvalue weighted by Crippen LogP contribution is -2.51. The van der Waals surface area contributed by atoms with E-state index in [0.29, 0.717) is 6.04 Å². The number of amides is 1. The van der Waals surface area contributed by atoms with E-state index in [1.807, 2.05) is 24.3 Å². The van der Waals surface area contributed by atoms with Crippen LogP contribution in [0.15, 0.2) is 24.3 Å². The summed E-state index contributed by atoms with van der Waals surface area (Å²) in [6, 6.07) is 8.21. The number of nitrogens with one attached hydrogen (secondary N) is 2. The molecule has 1 aromatic carbocycles. The van der Waals surface area contributed by atoms with Crippen LogP contribution in [0.25, 0.3) is 0 Å². The van der Waals surface area contributed by atoms with Gasteiger partial charge in [0.15, 0.2) is 0 Å². The normalized spacial score (nSPS) is 22.2. The summed E-state index contributed by atoms with van der Waals surface area (Å²) in [5, 5.41) is 7.41. The van der Waals surface area contributed by atoms with Crippen LogP contribution in [-0.4, -0.2) is 25.0 Å². The molecule has 0 spiro atoms. The van der Waals surface area contributed by atoms with Crippen LogP contribution in [0.2, 0.25) is 5.02 Å². The zero-order valence-electron chi connectivity index (χ0n) is 13.0. The molecule has 1 saturated carbocycles. The van der Waals surface area contributed by atoms with E-state index in [9.17, 15) is 4.79 Å². The molecule has 3 rings (SSSR count). The summed E-state index contributed by atoms with van der Waals surface area (Å²) < 4.78 is 0. The molecule has 0 aromatic heterocycles. The van der Waals surface area contributed by atoms with Gasteiger partial charge < -0.3 is 10.6 Å². The first-order chi connectivity index (χ1) is 10.7. The maximum atomic E-state index is 13.1. The summed E-state index contributed by atoms with van der Waals surface area (Å²) in [5.41, 5.74) is 0.774. The Hall–Kier alpha value is -1.06. The lowest BCUT2D eigenvalue weighted by Gasteiger charge is -2.38. The molecule has 0 atom stereocenters. The Balaban J connectivity index is 1.81. The van der Waals surface area contributed by atoms with E-state index in [1.165, 1.54) is 6.42 Å². The van der Waals surface area contributed by atoms with Crippen LogP contribution < -0.4 is 10.6 Å². The van der Waals surface area contributed by atoms with Crippen molar-refractivity contribution in [1.82, 2.24) is 10.6 Å². The van der Waals surface area contributed by atoms with Crippen molar-refractivity contribution in [1.29, 1.82) is 0 Å². The first-order valence-electron chi connectivity index (χ1n) is 8.48. The summed E-state index contributed by atoms with van der Waals surface area (Å²) >= 11 is 6.02. The lowest BCUT2D eigenvalue weighted by atomic mass is 9.68. The van der Waals surface area contributed by atoms with Gasteiger partial charge in [-0.05, 0) is 56.5 Å². The molecule has 120 valence electrons. The highest BCUT2D eigenvalue weighted by molar-refractivity contribution is 6.30. The van der Waals surface area contributed by atoms with Gasteiger partial charge >= 0.3 is 0 Å². The number of carbonyl (C=O) groups is 1. The van der Waals surface area contributed by atoms with Crippen molar-refractivity contribution < 1.29 is 4.79 Å². The molecule has 2 fully saturated rings. The van der Waals surface area contributed by atoms with Gasteiger partial charge in [-0.25, -0.2) is 0 Å². The van der Waals surface area contributed by atoms with E-state index in [0.717, 1.165) is 62.2 Å². The van der Waals surface area contributed by atoms with Crippen molar-refractivity contribution in [3.05, 3.63) is 34.9 Å². The standard InChI is InChI=1S/C18H25ClN2O/c19-15-6-4-14(5-7-15)18(10-2-1-3-11-18)17(22)21-16-8-12-20-13-9-16/h4-7,16,20H,1-3,8-13H2,(H,21,22). The minimum atomic E-state index is -0.353. The first kappa shape index (κ1) is 15.8. The van der Waals surface area contributed by atoms with Gasteiger partial charge in [0.25, 0.3) is 0 Å². The molecule has 1 aromatic rings. The quantitative estimate of drug-likeness (QED) is 0.896. The van der Waals surface area contributed by atoms with Crippen molar-refractivity contribution in [2.75, 3.05) is 13.1 Å². The topological polar surface area (TPSA) is 41.1 Å². The summed E-state index contributed by atoms with van der Waals surface area (Å²) in [7, 11) is 0. The smallest absolute Gasteiger partial charge is 0.230 e. The fraction of sp³-hybridized carbons (Fsp3) is 0.611. The predicted octanol–water partition coefficient (Wildman–Crippen LogP) is 3.41. The van der Waals surface area contributed by atoms with Gasteiger partial charge in [-0.15, -0.1) is 0 Å². The highest BCUT2D eigenvalue weighted by Gasteiger charge is 2.41. The van der Waals surface area contributed by atoms with E-state index in [-0.39, 0.29) is 11.3 Å². The summed E-state index contributed by atoms with van der Waals surface area (Å²) in [6.07, 6.45) is 7.45. The van der Waals surface area contributed by atoms with Gasteiger partial charge in [-0.2, -0.15) is 0 Å². The Bertz CT molecular complexity index is 502. The fourth-order valence-electron chi connectivity index (χ4n) is 3.86. The SMILES string of the molecule is O=C(NC1CCNCC1)C1(c2ccc(Cl)cc2)CCCCC1. The molecule has 2 N–H and O–H groups in total. The Labute approximate surface area is 137 Å². The molecule has 1 aliphatic heterocycles. The van der Waals surface area contributed by atoms with Crippen LogP contribution in [0.1, 0.15) is 50.5 Å². The molecular formula is C18H25ClN2O. The number of rotatable bonds is 3. The highest BCUT2D eigenvalue weighted by Crippen LogP contribution is 2.40. The molecular weight excluding hydrogens is 296 g/mol. The maximum absolute atomic E-state index is 13.1. The Kier molecular flexibility index (Phi) is 5.04.